The number of hydrogen-bond acceptors (Lipinski definition) is 2. The van der Waals surface area contributed by atoms with Crippen LogP contribution in [0.5, 0.6) is 0 Å². The maximum Gasteiger partial charge on any atom is 0.255 e. The van der Waals surface area contributed by atoms with Gasteiger partial charge in [0.25, 0.3) is 11.8 Å². The van der Waals surface area contributed by atoms with Crippen LogP contribution in [-0.2, 0) is 0 Å². The van der Waals surface area contributed by atoms with Gasteiger partial charge in [0.1, 0.15) is 5.82 Å². The Morgan fingerprint density at radius 1 is 0.640 bits per heavy atom. The molecule has 25 heavy (non-hydrogen) atoms. The SMILES string of the molecule is O=C(Nc1ccccc1)c1ccc(C(=O)Nc2ccccc2F)cc1. The van der Waals surface area contributed by atoms with Gasteiger partial charge in [0.2, 0.25) is 0 Å². The molecular formula is C20H15FN2O2. The Morgan fingerprint density at radius 3 is 1.76 bits per heavy atom. The number of carbonyl (C=O) groups is 2. The molecule has 2 N–H and O–H groups in total. The van der Waals surface area contributed by atoms with Crippen LogP contribution in [0.25, 0.3) is 0 Å². The van der Waals surface area contributed by atoms with Crippen LogP contribution < -0.4 is 10.6 Å². The molecule has 5 heteroatoms. The van der Waals surface area contributed by atoms with E-state index in [0.29, 0.717) is 16.8 Å². The van der Waals surface area contributed by atoms with E-state index in [9.17, 15) is 14.0 Å². The molecule has 0 fully saturated rings. The van der Waals surface area contributed by atoms with Crippen LogP contribution in [0.15, 0.2) is 78.9 Å². The molecule has 0 aliphatic rings. The molecule has 0 saturated heterocycles. The van der Waals surface area contributed by atoms with Gasteiger partial charge < -0.3 is 10.6 Å². The lowest BCUT2D eigenvalue weighted by atomic mass is 10.1. The molecule has 3 aromatic rings. The molecule has 0 aromatic heterocycles. The molecule has 0 saturated carbocycles. The largest absolute Gasteiger partial charge is 0.322 e. The van der Waals surface area contributed by atoms with Crippen LogP contribution in [0.3, 0.4) is 0 Å². The minimum absolute atomic E-state index is 0.110. The summed E-state index contributed by atoms with van der Waals surface area (Å²) in [7, 11) is 0. The van der Waals surface area contributed by atoms with Crippen molar-refractivity contribution in [3.63, 3.8) is 0 Å². The Labute approximate surface area is 144 Å². The van der Waals surface area contributed by atoms with E-state index in [2.05, 4.69) is 10.6 Å². The van der Waals surface area contributed by atoms with Crippen molar-refractivity contribution in [2.45, 2.75) is 0 Å². The molecule has 3 aromatic carbocycles. The predicted molar refractivity (Wildman–Crippen MR) is 95.2 cm³/mol. The van der Waals surface area contributed by atoms with Gasteiger partial charge in [-0.1, -0.05) is 30.3 Å². The molecule has 2 amide bonds. The van der Waals surface area contributed by atoms with Gasteiger partial charge in [0.15, 0.2) is 0 Å². The topological polar surface area (TPSA) is 58.2 Å². The van der Waals surface area contributed by atoms with Crippen LogP contribution in [-0.4, -0.2) is 11.8 Å². The zero-order valence-electron chi connectivity index (χ0n) is 13.2. The van der Waals surface area contributed by atoms with Gasteiger partial charge in [0.05, 0.1) is 5.69 Å². The lowest BCUT2D eigenvalue weighted by molar-refractivity contribution is 0.101. The fourth-order valence-electron chi connectivity index (χ4n) is 2.25. The third-order valence-corrected chi connectivity index (χ3v) is 3.56. The van der Waals surface area contributed by atoms with Crippen molar-refractivity contribution < 1.29 is 14.0 Å². The normalized spacial score (nSPS) is 10.1. The third-order valence-electron chi connectivity index (χ3n) is 3.56. The van der Waals surface area contributed by atoms with Crippen LogP contribution >= 0.6 is 0 Å². The Balaban J connectivity index is 1.68. The van der Waals surface area contributed by atoms with E-state index < -0.39 is 11.7 Å². The van der Waals surface area contributed by atoms with Crippen LogP contribution in [0.2, 0.25) is 0 Å². The first-order chi connectivity index (χ1) is 12.1. The summed E-state index contributed by atoms with van der Waals surface area (Å²) in [6, 6.07) is 21.2. The molecule has 0 atom stereocenters. The standard InChI is InChI=1S/C20H15FN2O2/c21-17-8-4-5-9-18(17)23-20(25)15-12-10-14(11-13-15)19(24)22-16-6-2-1-3-7-16/h1-13H,(H,22,24)(H,23,25). The lowest BCUT2D eigenvalue weighted by Gasteiger charge is -2.08. The summed E-state index contributed by atoms with van der Waals surface area (Å²) < 4.78 is 13.6. The summed E-state index contributed by atoms with van der Waals surface area (Å²) >= 11 is 0. The number of nitrogens with one attached hydrogen (secondary N) is 2. The number of halogens is 1. The Morgan fingerprint density at radius 2 is 1.16 bits per heavy atom. The molecule has 0 bridgehead atoms. The molecule has 4 nitrogen and oxygen atoms in total. The molecule has 124 valence electrons. The lowest BCUT2D eigenvalue weighted by Crippen LogP contribution is -2.14. The van der Waals surface area contributed by atoms with Crippen molar-refractivity contribution in [1.82, 2.24) is 0 Å². The van der Waals surface area contributed by atoms with Gasteiger partial charge in [-0.05, 0) is 48.5 Å². The van der Waals surface area contributed by atoms with E-state index in [1.807, 2.05) is 18.2 Å². The van der Waals surface area contributed by atoms with Crippen molar-refractivity contribution in [1.29, 1.82) is 0 Å². The zero-order chi connectivity index (χ0) is 17.6. The molecule has 0 unspecified atom stereocenters. The van der Waals surface area contributed by atoms with Gasteiger partial charge in [-0.15, -0.1) is 0 Å². The number of hydrogen-bond donors (Lipinski definition) is 2. The second-order valence-electron chi connectivity index (χ2n) is 5.33. The third kappa shape index (κ3) is 4.09. The summed E-state index contributed by atoms with van der Waals surface area (Å²) in [6.07, 6.45) is 0. The van der Waals surface area contributed by atoms with E-state index >= 15 is 0 Å². The van der Waals surface area contributed by atoms with Crippen LogP contribution in [0.4, 0.5) is 15.8 Å². The highest BCUT2D eigenvalue weighted by atomic mass is 19.1. The Hall–Kier alpha value is -3.47. The van der Waals surface area contributed by atoms with Crippen LogP contribution in [0, 0.1) is 5.82 Å². The zero-order valence-corrected chi connectivity index (χ0v) is 13.2. The van der Waals surface area contributed by atoms with E-state index in [1.54, 1.807) is 36.4 Å². The maximum absolute atomic E-state index is 13.6. The molecular weight excluding hydrogens is 319 g/mol. The summed E-state index contributed by atoms with van der Waals surface area (Å²) in [6.45, 7) is 0. The minimum atomic E-state index is -0.505. The van der Waals surface area contributed by atoms with E-state index in [-0.39, 0.29) is 11.6 Å². The smallest absolute Gasteiger partial charge is 0.255 e. The molecule has 0 heterocycles. The second-order valence-corrected chi connectivity index (χ2v) is 5.33. The van der Waals surface area contributed by atoms with E-state index in [0.717, 1.165) is 0 Å². The highest BCUT2D eigenvalue weighted by Crippen LogP contribution is 2.15. The van der Waals surface area contributed by atoms with Gasteiger partial charge in [-0.3, -0.25) is 9.59 Å². The predicted octanol–water partition coefficient (Wildman–Crippen LogP) is 4.33. The Kier molecular flexibility index (Phi) is 4.85. The quantitative estimate of drug-likeness (QED) is 0.746. The second kappa shape index (κ2) is 7.40. The first-order valence-electron chi connectivity index (χ1n) is 7.66. The van der Waals surface area contributed by atoms with Crippen molar-refractivity contribution >= 4 is 23.2 Å². The number of amides is 2. The fourth-order valence-corrected chi connectivity index (χ4v) is 2.25. The summed E-state index contributed by atoms with van der Waals surface area (Å²) in [4.78, 5) is 24.3. The van der Waals surface area contributed by atoms with Crippen molar-refractivity contribution in [2.24, 2.45) is 0 Å². The van der Waals surface area contributed by atoms with E-state index in [1.165, 1.54) is 24.3 Å². The summed E-state index contributed by atoms with van der Waals surface area (Å²) in [5.74, 6) is -1.22. The highest BCUT2D eigenvalue weighted by molar-refractivity contribution is 6.07. The monoisotopic (exact) mass is 334 g/mol. The van der Waals surface area contributed by atoms with Crippen molar-refractivity contribution in [3.8, 4) is 0 Å². The Bertz CT molecular complexity index is 893. The highest BCUT2D eigenvalue weighted by Gasteiger charge is 2.11. The van der Waals surface area contributed by atoms with Crippen LogP contribution in [0.1, 0.15) is 20.7 Å². The van der Waals surface area contributed by atoms with Crippen molar-refractivity contribution in [2.75, 3.05) is 10.6 Å². The number of para-hydroxylation sites is 2. The van der Waals surface area contributed by atoms with Gasteiger partial charge >= 0.3 is 0 Å². The van der Waals surface area contributed by atoms with Crippen molar-refractivity contribution in [3.05, 3.63) is 95.8 Å². The van der Waals surface area contributed by atoms with Gasteiger partial charge in [-0.2, -0.15) is 0 Å². The minimum Gasteiger partial charge on any atom is -0.322 e. The van der Waals surface area contributed by atoms with Gasteiger partial charge in [0, 0.05) is 16.8 Å². The first-order valence-corrected chi connectivity index (χ1v) is 7.66. The molecule has 0 spiro atoms. The number of carbonyl (C=O) groups excluding carboxylic acids is 2. The average Bonchev–Trinajstić information content (AvgIpc) is 2.64. The number of rotatable bonds is 4. The summed E-state index contributed by atoms with van der Waals surface area (Å²) in [5, 5.41) is 5.27. The summed E-state index contributed by atoms with van der Waals surface area (Å²) in [5.41, 5.74) is 1.55. The molecule has 0 radical (unpaired) electrons. The fraction of sp³-hybridized carbons (Fsp3) is 0. The number of anilines is 2. The first kappa shape index (κ1) is 16.4. The molecule has 0 aliphatic carbocycles. The van der Waals surface area contributed by atoms with Gasteiger partial charge in [-0.25, -0.2) is 4.39 Å². The number of benzene rings is 3. The maximum atomic E-state index is 13.6. The molecule has 3 rings (SSSR count). The average molecular weight is 334 g/mol. The molecule has 0 aliphatic heterocycles. The van der Waals surface area contributed by atoms with E-state index in [4.69, 9.17) is 0 Å².